The van der Waals surface area contributed by atoms with Gasteiger partial charge in [-0.2, -0.15) is 4.57 Å². The summed E-state index contributed by atoms with van der Waals surface area (Å²) in [5, 5.41) is 19.8. The molecule has 0 fully saturated rings. The maximum absolute atomic E-state index is 9.70. The van der Waals surface area contributed by atoms with E-state index in [-0.39, 0.29) is 11.5 Å². The highest BCUT2D eigenvalue weighted by Gasteiger charge is 2.15. The summed E-state index contributed by atoms with van der Waals surface area (Å²) >= 11 is 0. The quantitative estimate of drug-likeness (QED) is 0.552. The Labute approximate surface area is 88.2 Å². The molecule has 0 saturated carbocycles. The number of phenols is 2. The number of pyridine rings is 1. The smallest absolute Gasteiger partial charge is 0.216 e. The lowest BCUT2D eigenvalue weighted by atomic mass is 10.1. The number of aromatic hydroxyl groups is 2. The van der Waals surface area contributed by atoms with Crippen LogP contribution >= 0.6 is 0 Å². The van der Waals surface area contributed by atoms with Gasteiger partial charge in [0.15, 0.2) is 23.7 Å². The van der Waals surface area contributed by atoms with E-state index in [1.54, 1.807) is 6.07 Å². The molecule has 0 radical (unpaired) electrons. The minimum absolute atomic E-state index is 0.0532. The molecule has 0 atom stereocenters. The van der Waals surface area contributed by atoms with Gasteiger partial charge in [0, 0.05) is 12.1 Å². The zero-order valence-electron chi connectivity index (χ0n) is 8.81. The first-order valence-corrected chi connectivity index (χ1v) is 4.96. The molecule has 1 aromatic heterocycles. The van der Waals surface area contributed by atoms with Crippen molar-refractivity contribution in [1.82, 2.24) is 0 Å². The Hall–Kier alpha value is -1.77. The van der Waals surface area contributed by atoms with E-state index < -0.39 is 0 Å². The number of benzene rings is 1. The minimum Gasteiger partial charge on any atom is -0.504 e. The lowest BCUT2D eigenvalue weighted by molar-refractivity contribution is -0.691. The van der Waals surface area contributed by atoms with Crippen molar-refractivity contribution in [2.24, 2.45) is 0 Å². The van der Waals surface area contributed by atoms with Crippen molar-refractivity contribution in [3.8, 4) is 11.5 Å². The average molecular weight is 204 g/mol. The number of hydrogen-bond donors (Lipinski definition) is 2. The van der Waals surface area contributed by atoms with Crippen molar-refractivity contribution in [3.05, 3.63) is 30.5 Å². The Morgan fingerprint density at radius 2 is 1.87 bits per heavy atom. The maximum Gasteiger partial charge on any atom is 0.216 e. The number of phenolic OH excluding ortho intramolecular Hbond substituents is 2. The van der Waals surface area contributed by atoms with E-state index in [0.717, 1.165) is 5.52 Å². The molecule has 3 nitrogen and oxygen atoms in total. The van der Waals surface area contributed by atoms with E-state index >= 15 is 0 Å². The summed E-state index contributed by atoms with van der Waals surface area (Å²) in [4.78, 5) is 0. The second kappa shape index (κ2) is 3.42. The largest absolute Gasteiger partial charge is 0.504 e. The molecule has 0 bridgehead atoms. The van der Waals surface area contributed by atoms with E-state index in [0.29, 0.717) is 11.4 Å². The predicted molar refractivity (Wildman–Crippen MR) is 57.9 cm³/mol. The van der Waals surface area contributed by atoms with Gasteiger partial charge in [0.2, 0.25) is 5.52 Å². The fourth-order valence-electron chi connectivity index (χ4n) is 1.74. The first-order chi connectivity index (χ1) is 7.11. The van der Waals surface area contributed by atoms with Gasteiger partial charge in [-0.15, -0.1) is 0 Å². The summed E-state index contributed by atoms with van der Waals surface area (Å²) in [6.07, 6.45) is 1.96. The van der Waals surface area contributed by atoms with Crippen LogP contribution in [0.3, 0.4) is 0 Å². The average Bonchev–Trinajstić information content (AvgIpc) is 2.23. The number of fused-ring (bicyclic) bond motifs is 1. The Bertz CT molecular complexity index is 506. The molecule has 0 spiro atoms. The normalized spacial score (nSPS) is 11.1. The molecule has 2 rings (SSSR count). The highest BCUT2D eigenvalue weighted by Crippen LogP contribution is 2.31. The van der Waals surface area contributed by atoms with E-state index in [1.807, 2.05) is 18.3 Å². The molecule has 0 saturated heterocycles. The van der Waals surface area contributed by atoms with Crippen molar-refractivity contribution in [2.45, 2.75) is 19.9 Å². The molecule has 2 N–H and O–H groups in total. The van der Waals surface area contributed by atoms with Crippen molar-refractivity contribution in [2.75, 3.05) is 0 Å². The molecule has 0 amide bonds. The molecule has 0 aliphatic rings. The second-order valence-corrected chi connectivity index (χ2v) is 3.88. The molecule has 78 valence electrons. The summed E-state index contributed by atoms with van der Waals surface area (Å²) < 4.78 is 2.05. The standard InChI is InChI=1S/C12H13NO2/c1-8(2)13-7-3-4-9-10(13)5-6-11(14)12(9)15/h3-8,14H,1-2H3/p+1. The third-order valence-corrected chi connectivity index (χ3v) is 2.52. The maximum atomic E-state index is 9.70. The molecule has 2 aromatic rings. The van der Waals surface area contributed by atoms with E-state index in [4.69, 9.17) is 0 Å². The van der Waals surface area contributed by atoms with Gasteiger partial charge in [-0.05, 0) is 26.0 Å². The van der Waals surface area contributed by atoms with Gasteiger partial charge in [-0.1, -0.05) is 0 Å². The van der Waals surface area contributed by atoms with Gasteiger partial charge in [0.05, 0.1) is 5.39 Å². The Balaban J connectivity index is 2.83. The van der Waals surface area contributed by atoms with Crippen molar-refractivity contribution < 1.29 is 14.8 Å². The van der Waals surface area contributed by atoms with Crippen LogP contribution in [0.5, 0.6) is 11.5 Å². The Morgan fingerprint density at radius 1 is 1.13 bits per heavy atom. The second-order valence-electron chi connectivity index (χ2n) is 3.88. The first-order valence-electron chi connectivity index (χ1n) is 4.96. The summed E-state index contributed by atoms with van der Waals surface area (Å²) in [5.41, 5.74) is 0.919. The number of aromatic nitrogens is 1. The Kier molecular flexibility index (Phi) is 2.23. The van der Waals surface area contributed by atoms with Crippen LogP contribution in [0.1, 0.15) is 19.9 Å². The van der Waals surface area contributed by atoms with Crippen LogP contribution in [0.2, 0.25) is 0 Å². The summed E-state index contributed by atoms with van der Waals surface area (Å²) in [7, 11) is 0. The molecule has 1 heterocycles. The van der Waals surface area contributed by atoms with Crippen LogP contribution in [0.4, 0.5) is 0 Å². The van der Waals surface area contributed by atoms with E-state index in [1.165, 1.54) is 6.07 Å². The highest BCUT2D eigenvalue weighted by molar-refractivity contribution is 5.84. The monoisotopic (exact) mass is 204 g/mol. The number of hydrogen-bond acceptors (Lipinski definition) is 2. The van der Waals surface area contributed by atoms with Crippen LogP contribution in [0.15, 0.2) is 30.5 Å². The highest BCUT2D eigenvalue weighted by atomic mass is 16.3. The van der Waals surface area contributed by atoms with Crippen molar-refractivity contribution in [1.29, 1.82) is 0 Å². The SMILES string of the molecule is CC(C)[n+]1cccc2c(O)c(O)ccc21. The fourth-order valence-corrected chi connectivity index (χ4v) is 1.74. The van der Waals surface area contributed by atoms with Gasteiger partial charge in [-0.3, -0.25) is 0 Å². The van der Waals surface area contributed by atoms with Gasteiger partial charge >= 0.3 is 0 Å². The number of nitrogens with zero attached hydrogens (tertiary/aromatic N) is 1. The summed E-state index contributed by atoms with van der Waals surface area (Å²) in [6.45, 7) is 4.15. The molecule has 3 heteroatoms. The van der Waals surface area contributed by atoms with E-state index in [9.17, 15) is 10.2 Å². The molecule has 1 aromatic carbocycles. The molecule has 0 aliphatic carbocycles. The zero-order valence-corrected chi connectivity index (χ0v) is 8.81. The third kappa shape index (κ3) is 1.50. The van der Waals surface area contributed by atoms with Crippen LogP contribution in [0.25, 0.3) is 10.9 Å². The fraction of sp³-hybridized carbons (Fsp3) is 0.250. The molecule has 0 unspecified atom stereocenters. The van der Waals surface area contributed by atoms with E-state index in [2.05, 4.69) is 18.4 Å². The molecular formula is C12H14NO2+. The molecular weight excluding hydrogens is 190 g/mol. The predicted octanol–water partition coefficient (Wildman–Crippen LogP) is 2.12. The summed E-state index contributed by atoms with van der Waals surface area (Å²) in [5.74, 6) is -0.133. The first kappa shape index (κ1) is 9.77. The number of rotatable bonds is 1. The van der Waals surface area contributed by atoms with Crippen molar-refractivity contribution in [3.63, 3.8) is 0 Å². The van der Waals surface area contributed by atoms with Gasteiger partial charge in [0.25, 0.3) is 0 Å². The molecule has 0 aliphatic heterocycles. The zero-order chi connectivity index (χ0) is 11.0. The lowest BCUT2D eigenvalue weighted by Gasteiger charge is -2.06. The van der Waals surface area contributed by atoms with Gasteiger partial charge < -0.3 is 10.2 Å². The third-order valence-electron chi connectivity index (χ3n) is 2.52. The van der Waals surface area contributed by atoms with Gasteiger partial charge in [0.1, 0.15) is 0 Å². The minimum atomic E-state index is -0.0796. The topological polar surface area (TPSA) is 44.3 Å². The Morgan fingerprint density at radius 3 is 2.53 bits per heavy atom. The molecule has 15 heavy (non-hydrogen) atoms. The van der Waals surface area contributed by atoms with Crippen LogP contribution < -0.4 is 4.57 Å². The van der Waals surface area contributed by atoms with Crippen LogP contribution in [0, 0.1) is 0 Å². The van der Waals surface area contributed by atoms with Gasteiger partial charge in [-0.25, -0.2) is 0 Å². The lowest BCUT2D eigenvalue weighted by Crippen LogP contribution is -2.36. The summed E-state index contributed by atoms with van der Waals surface area (Å²) in [6, 6.07) is 7.30. The van der Waals surface area contributed by atoms with Crippen LogP contribution in [-0.4, -0.2) is 10.2 Å². The van der Waals surface area contributed by atoms with Crippen LogP contribution in [-0.2, 0) is 0 Å². The van der Waals surface area contributed by atoms with Crippen molar-refractivity contribution >= 4 is 10.9 Å².